The molecule has 0 aliphatic carbocycles. The van der Waals surface area contributed by atoms with Crippen molar-refractivity contribution < 1.29 is 28.6 Å². The van der Waals surface area contributed by atoms with Crippen LogP contribution in [0.5, 0.6) is 11.5 Å². The number of benzene rings is 3. The highest BCUT2D eigenvalue weighted by Crippen LogP contribution is 2.44. The van der Waals surface area contributed by atoms with E-state index in [1.807, 2.05) is 23.1 Å². The molecule has 1 spiro atoms. The molecule has 9 rings (SSSR count). The predicted octanol–water partition coefficient (Wildman–Crippen LogP) is 4.33. The Balaban J connectivity index is 0.833. The second-order valence-electron chi connectivity index (χ2n) is 16.4. The quantitative estimate of drug-likeness (QED) is 0.178. The first-order valence-corrected chi connectivity index (χ1v) is 20.1. The number of likely N-dealkylation sites (tertiary alicyclic amines) is 1. The maximum Gasteiger partial charge on any atom is 0.249 e. The fraction of sp³-hybridized carbons (Fsp3) is 0.419. The monoisotopic (exact) mass is 789 g/mol. The van der Waals surface area contributed by atoms with Gasteiger partial charge in [0.2, 0.25) is 17.7 Å². The minimum atomic E-state index is -0.692. The normalized spacial score (nSPS) is 24.1. The molecule has 5 aliphatic rings. The van der Waals surface area contributed by atoms with Crippen LogP contribution < -0.4 is 35.8 Å². The molecule has 3 amide bonds. The van der Waals surface area contributed by atoms with Gasteiger partial charge in [-0.3, -0.25) is 19.7 Å². The second-order valence-corrected chi connectivity index (χ2v) is 16.4. The van der Waals surface area contributed by atoms with Gasteiger partial charge < -0.3 is 40.5 Å². The van der Waals surface area contributed by atoms with Gasteiger partial charge >= 0.3 is 0 Å². The van der Waals surface area contributed by atoms with E-state index in [1.165, 1.54) is 30.6 Å². The summed E-state index contributed by atoms with van der Waals surface area (Å²) in [5, 5.41) is 24.3. The molecule has 15 heteroatoms. The van der Waals surface area contributed by atoms with Gasteiger partial charge in [0.15, 0.2) is 5.82 Å². The number of aromatic hydroxyl groups is 1. The number of phenols is 1. The Kier molecular flexibility index (Phi) is 9.68. The first kappa shape index (κ1) is 37.5. The van der Waals surface area contributed by atoms with Crippen molar-refractivity contribution in [3.63, 3.8) is 0 Å². The van der Waals surface area contributed by atoms with Crippen molar-refractivity contribution in [2.45, 2.75) is 63.1 Å². The van der Waals surface area contributed by atoms with E-state index in [2.05, 4.69) is 59.8 Å². The summed E-state index contributed by atoms with van der Waals surface area (Å²) in [6.07, 6.45) is 4.40. The topological polar surface area (TPSA) is 169 Å². The fourth-order valence-corrected chi connectivity index (χ4v) is 9.78. The number of nitrogens with one attached hydrogen (secondary N) is 2. The van der Waals surface area contributed by atoms with Crippen LogP contribution in [-0.4, -0.2) is 102 Å². The molecule has 1 aromatic heterocycles. The van der Waals surface area contributed by atoms with E-state index < -0.39 is 17.8 Å². The molecule has 1 unspecified atom stereocenters. The van der Waals surface area contributed by atoms with Crippen molar-refractivity contribution in [1.29, 1.82) is 0 Å². The number of piperidine rings is 1. The lowest BCUT2D eigenvalue weighted by atomic mass is 9.86. The zero-order valence-electron chi connectivity index (χ0n) is 32.5. The number of hydrogen-bond donors (Lipinski definition) is 4. The van der Waals surface area contributed by atoms with Gasteiger partial charge in [-0.2, -0.15) is 0 Å². The minimum Gasteiger partial charge on any atom is -0.507 e. The van der Waals surface area contributed by atoms with E-state index in [9.17, 15) is 19.5 Å². The smallest absolute Gasteiger partial charge is 0.249 e. The number of aromatic nitrogens is 2. The molecule has 302 valence electrons. The lowest BCUT2D eigenvalue weighted by molar-refractivity contribution is -0.133. The summed E-state index contributed by atoms with van der Waals surface area (Å²) in [5.74, 6) is -0.624. The van der Waals surface area contributed by atoms with Gasteiger partial charge in [-0.15, -0.1) is 10.2 Å². The van der Waals surface area contributed by atoms with E-state index in [1.54, 1.807) is 12.1 Å². The number of nitrogens with two attached hydrogens (primary N) is 1. The molecule has 5 N–H and O–H groups in total. The highest BCUT2D eigenvalue weighted by molar-refractivity contribution is 6.01. The molecule has 5 fully saturated rings. The number of nitrogen functional groups attached to an aromatic ring is 1. The summed E-state index contributed by atoms with van der Waals surface area (Å²) >= 11 is 0. The predicted molar refractivity (Wildman–Crippen MR) is 218 cm³/mol. The van der Waals surface area contributed by atoms with Crippen LogP contribution in [0.2, 0.25) is 0 Å². The summed E-state index contributed by atoms with van der Waals surface area (Å²) in [5.41, 5.74) is 11.3. The van der Waals surface area contributed by atoms with E-state index in [0.29, 0.717) is 60.1 Å². The van der Waals surface area contributed by atoms with Crippen molar-refractivity contribution >= 4 is 46.3 Å². The zero-order chi connectivity index (χ0) is 40.1. The SMILES string of the molecule is COc1cc(CC(=O)N2CCC3(CCN(c4cccc(N5[C@@H]6CC[C@H]5CN(c5cc(-c7ccccc7O)nnc5N)C6)c4)C3)C2)c(F)cc1N[C@H]1CCC(=O)NC1=O. The number of carbonyl (C=O) groups excluding carboxylic acids is 3. The molecule has 0 radical (unpaired) electrons. The van der Waals surface area contributed by atoms with Crippen LogP contribution in [0.25, 0.3) is 11.3 Å². The Morgan fingerprint density at radius 1 is 0.966 bits per heavy atom. The number of methoxy groups -OCH3 is 1. The molecule has 0 saturated carbocycles. The summed E-state index contributed by atoms with van der Waals surface area (Å²) in [6, 6.07) is 20.6. The van der Waals surface area contributed by atoms with Crippen molar-refractivity contribution in [2.24, 2.45) is 5.41 Å². The van der Waals surface area contributed by atoms with Gasteiger partial charge in [-0.1, -0.05) is 18.2 Å². The summed E-state index contributed by atoms with van der Waals surface area (Å²) in [4.78, 5) is 46.7. The average molecular weight is 790 g/mol. The Bertz CT molecular complexity index is 2260. The van der Waals surface area contributed by atoms with E-state index in [4.69, 9.17) is 10.5 Å². The lowest BCUT2D eigenvalue weighted by Gasteiger charge is -2.43. The number of hydrogen-bond acceptors (Lipinski definition) is 12. The molecule has 6 heterocycles. The van der Waals surface area contributed by atoms with Gasteiger partial charge in [-0.25, -0.2) is 4.39 Å². The van der Waals surface area contributed by atoms with Gasteiger partial charge in [0, 0.05) is 91.8 Å². The number of fused-ring (bicyclic) bond motifs is 2. The Labute approximate surface area is 336 Å². The molecular weight excluding hydrogens is 742 g/mol. The number of para-hydroxylation sites is 1. The highest BCUT2D eigenvalue weighted by atomic mass is 19.1. The van der Waals surface area contributed by atoms with E-state index >= 15 is 4.39 Å². The largest absolute Gasteiger partial charge is 0.507 e. The number of rotatable bonds is 9. The van der Waals surface area contributed by atoms with Crippen LogP contribution in [0.3, 0.4) is 0 Å². The first-order chi connectivity index (χ1) is 28.1. The van der Waals surface area contributed by atoms with Crippen molar-refractivity contribution in [3.8, 4) is 22.8 Å². The third-order valence-electron chi connectivity index (χ3n) is 12.8. The number of imide groups is 1. The van der Waals surface area contributed by atoms with Crippen LogP contribution in [-0.2, 0) is 20.8 Å². The highest BCUT2D eigenvalue weighted by Gasteiger charge is 2.45. The Morgan fingerprint density at radius 3 is 2.52 bits per heavy atom. The van der Waals surface area contributed by atoms with Crippen LogP contribution in [0.1, 0.15) is 44.1 Å². The summed E-state index contributed by atoms with van der Waals surface area (Å²) < 4.78 is 20.9. The molecule has 4 atom stereocenters. The average Bonchev–Trinajstić information content (AvgIpc) is 3.92. The lowest BCUT2D eigenvalue weighted by Crippen LogP contribution is -2.54. The molecule has 3 aromatic carbocycles. The standard InChI is InChI=1S/C43H48FN9O5/c1-58-38-17-26(32(44)20-35(38)46-33-11-12-39(55)47-42(33)57)18-40(56)51-16-14-43(25-51)13-15-50(24-43)27-5-4-6-28(19-27)53-29-9-10-30(53)23-52(22-29)36-21-34(48-49-41(36)45)31-7-2-3-8-37(31)54/h2-8,17,19-21,29-30,33,46,54H,9-16,18,22-25H2,1H3,(H2,45,49)(H,47,55,57)/t29-,30+,33-,43?/m0/s1. The van der Waals surface area contributed by atoms with Crippen LogP contribution in [0, 0.1) is 11.2 Å². The molecule has 5 aliphatic heterocycles. The molecule has 14 nitrogen and oxygen atoms in total. The Hall–Kier alpha value is -6.12. The zero-order valence-corrected chi connectivity index (χ0v) is 32.5. The van der Waals surface area contributed by atoms with E-state index in [0.717, 1.165) is 57.5 Å². The maximum absolute atomic E-state index is 15.4. The van der Waals surface area contributed by atoms with Gasteiger partial charge in [-0.05, 0) is 74.6 Å². The number of anilines is 5. The van der Waals surface area contributed by atoms with Crippen LogP contribution in [0.15, 0.2) is 66.7 Å². The van der Waals surface area contributed by atoms with Crippen molar-refractivity contribution in [3.05, 3.63) is 78.1 Å². The summed E-state index contributed by atoms with van der Waals surface area (Å²) in [6.45, 7) is 4.59. The number of nitrogens with zero attached hydrogens (tertiary/aromatic N) is 6. The molecule has 5 saturated heterocycles. The Morgan fingerprint density at radius 2 is 1.74 bits per heavy atom. The van der Waals surface area contributed by atoms with Gasteiger partial charge in [0.25, 0.3) is 0 Å². The second kappa shape index (κ2) is 15.0. The molecule has 58 heavy (non-hydrogen) atoms. The molecule has 2 bridgehead atoms. The molecular formula is C43H48FN9O5. The number of carbonyl (C=O) groups is 3. The van der Waals surface area contributed by atoms with Gasteiger partial charge in [0.1, 0.15) is 23.4 Å². The van der Waals surface area contributed by atoms with Crippen molar-refractivity contribution in [2.75, 3.05) is 72.1 Å². The third-order valence-corrected chi connectivity index (χ3v) is 12.8. The van der Waals surface area contributed by atoms with Crippen molar-refractivity contribution in [1.82, 2.24) is 20.4 Å². The number of piperazine rings is 1. The molecule has 4 aromatic rings. The first-order valence-electron chi connectivity index (χ1n) is 20.1. The number of amides is 3. The number of phenolic OH excluding ortho intramolecular Hbond substituents is 1. The van der Waals surface area contributed by atoms with Gasteiger partial charge in [0.05, 0.1) is 30.6 Å². The van der Waals surface area contributed by atoms with Crippen LogP contribution >= 0.6 is 0 Å². The third kappa shape index (κ3) is 7.06. The number of ether oxygens (including phenoxy) is 1. The summed E-state index contributed by atoms with van der Waals surface area (Å²) in [7, 11) is 1.46. The van der Waals surface area contributed by atoms with Crippen LogP contribution in [0.4, 0.5) is 33.0 Å². The minimum absolute atomic E-state index is 0.0316. The fourth-order valence-electron chi connectivity index (χ4n) is 9.78. The maximum atomic E-state index is 15.4. The number of halogens is 1. The van der Waals surface area contributed by atoms with E-state index in [-0.39, 0.29) is 41.4 Å².